The molecule has 0 radical (unpaired) electrons. The van der Waals surface area contributed by atoms with Crippen molar-refractivity contribution in [3.05, 3.63) is 34.9 Å². The number of benzene rings is 1. The van der Waals surface area contributed by atoms with Gasteiger partial charge in [0, 0.05) is 23.7 Å². The molecule has 1 aliphatic rings. The van der Waals surface area contributed by atoms with Crippen molar-refractivity contribution in [1.82, 2.24) is 0 Å². The Morgan fingerprint density at radius 1 is 1.21 bits per heavy atom. The molecular weight excluding hydrogens is 264 g/mol. The maximum Gasteiger partial charge on any atom is 0.0550 e. The van der Waals surface area contributed by atoms with Gasteiger partial charge in [-0.25, -0.2) is 0 Å². The molecule has 0 aliphatic carbocycles. The van der Waals surface area contributed by atoms with Crippen molar-refractivity contribution in [3.8, 4) is 0 Å². The Balaban J connectivity index is 2.20. The molecule has 2 rings (SSSR count). The van der Waals surface area contributed by atoms with E-state index in [-0.39, 0.29) is 13.2 Å². The summed E-state index contributed by atoms with van der Waals surface area (Å²) in [6, 6.07) is 7.44. The maximum atomic E-state index is 9.82. The van der Waals surface area contributed by atoms with Gasteiger partial charge in [-0.15, -0.1) is 0 Å². The summed E-state index contributed by atoms with van der Waals surface area (Å²) in [5.74, 6) is 0.479. The van der Waals surface area contributed by atoms with Crippen molar-refractivity contribution in [1.29, 1.82) is 0 Å². The van der Waals surface area contributed by atoms with Crippen molar-refractivity contribution in [2.75, 3.05) is 26.4 Å². The molecule has 0 unspecified atom stereocenters. The number of aliphatic hydroxyl groups excluding tert-OH is 2. The number of ether oxygens (including phenoxy) is 1. The zero-order valence-electron chi connectivity index (χ0n) is 11.0. The van der Waals surface area contributed by atoms with Gasteiger partial charge >= 0.3 is 0 Å². The van der Waals surface area contributed by atoms with E-state index in [0.29, 0.717) is 10.9 Å². The Labute approximate surface area is 119 Å². The Morgan fingerprint density at radius 3 is 2.47 bits per heavy atom. The molecule has 1 saturated heterocycles. The van der Waals surface area contributed by atoms with Crippen LogP contribution in [0.3, 0.4) is 0 Å². The first-order valence-corrected chi connectivity index (χ1v) is 7.13. The van der Waals surface area contributed by atoms with Gasteiger partial charge in [-0.3, -0.25) is 0 Å². The second-order valence-corrected chi connectivity index (χ2v) is 5.80. The van der Waals surface area contributed by atoms with Crippen molar-refractivity contribution >= 4 is 11.6 Å². The molecule has 19 heavy (non-hydrogen) atoms. The summed E-state index contributed by atoms with van der Waals surface area (Å²) >= 11 is 6.02. The normalized spacial score (nSPS) is 17.6. The van der Waals surface area contributed by atoms with E-state index in [1.165, 1.54) is 0 Å². The molecule has 3 nitrogen and oxygen atoms in total. The van der Waals surface area contributed by atoms with Crippen LogP contribution in [-0.4, -0.2) is 36.6 Å². The third-order valence-electron chi connectivity index (χ3n) is 4.06. The first kappa shape index (κ1) is 14.8. The summed E-state index contributed by atoms with van der Waals surface area (Å²) in [6.45, 7) is 1.41. The number of aliphatic hydroxyl groups is 2. The fourth-order valence-corrected chi connectivity index (χ4v) is 2.99. The highest BCUT2D eigenvalue weighted by atomic mass is 35.5. The predicted octanol–water partition coefficient (Wildman–Crippen LogP) is 2.38. The molecule has 1 heterocycles. The van der Waals surface area contributed by atoms with E-state index in [1.807, 2.05) is 18.2 Å². The van der Waals surface area contributed by atoms with Crippen molar-refractivity contribution < 1.29 is 14.9 Å². The molecular formula is C15H21ClO3. The second kappa shape index (κ2) is 6.71. The SMILES string of the molecule is OCC(CO)(CC1CCOCC1)c1cccc(Cl)c1. The Hall–Kier alpha value is -0.610. The van der Waals surface area contributed by atoms with E-state index in [9.17, 15) is 10.2 Å². The minimum Gasteiger partial charge on any atom is -0.395 e. The molecule has 0 atom stereocenters. The fraction of sp³-hybridized carbons (Fsp3) is 0.600. The van der Waals surface area contributed by atoms with E-state index in [1.54, 1.807) is 6.07 Å². The van der Waals surface area contributed by atoms with Crippen LogP contribution >= 0.6 is 11.6 Å². The lowest BCUT2D eigenvalue weighted by Gasteiger charge is -2.35. The molecule has 4 heteroatoms. The van der Waals surface area contributed by atoms with E-state index in [0.717, 1.165) is 38.0 Å². The van der Waals surface area contributed by atoms with Crippen LogP contribution in [0.25, 0.3) is 0 Å². The van der Waals surface area contributed by atoms with Crippen LogP contribution in [0.15, 0.2) is 24.3 Å². The van der Waals surface area contributed by atoms with Gasteiger partial charge in [-0.05, 0) is 42.9 Å². The Morgan fingerprint density at radius 2 is 1.89 bits per heavy atom. The van der Waals surface area contributed by atoms with Gasteiger partial charge in [0.2, 0.25) is 0 Å². The van der Waals surface area contributed by atoms with Crippen molar-refractivity contribution in [2.24, 2.45) is 5.92 Å². The zero-order chi connectivity index (χ0) is 13.7. The van der Waals surface area contributed by atoms with Crippen LogP contribution in [0, 0.1) is 5.92 Å². The highest BCUT2D eigenvalue weighted by Crippen LogP contribution is 2.35. The molecule has 106 valence electrons. The van der Waals surface area contributed by atoms with Crippen LogP contribution in [-0.2, 0) is 10.2 Å². The zero-order valence-corrected chi connectivity index (χ0v) is 11.8. The lowest BCUT2D eigenvalue weighted by molar-refractivity contribution is 0.0354. The first-order valence-electron chi connectivity index (χ1n) is 6.76. The summed E-state index contributed by atoms with van der Waals surface area (Å²) in [5.41, 5.74) is 0.309. The quantitative estimate of drug-likeness (QED) is 0.873. The topological polar surface area (TPSA) is 49.7 Å². The molecule has 0 aromatic heterocycles. The average molecular weight is 285 g/mol. The van der Waals surface area contributed by atoms with Crippen LogP contribution in [0.5, 0.6) is 0 Å². The minimum absolute atomic E-state index is 0.0683. The summed E-state index contributed by atoms with van der Waals surface area (Å²) in [5, 5.41) is 20.3. The Bertz CT molecular complexity index is 398. The molecule has 0 bridgehead atoms. The second-order valence-electron chi connectivity index (χ2n) is 5.37. The molecule has 1 aliphatic heterocycles. The minimum atomic E-state index is -0.604. The van der Waals surface area contributed by atoms with Crippen LogP contribution in [0.1, 0.15) is 24.8 Å². The van der Waals surface area contributed by atoms with E-state index in [2.05, 4.69) is 0 Å². The lowest BCUT2D eigenvalue weighted by Crippen LogP contribution is -2.38. The monoisotopic (exact) mass is 284 g/mol. The van der Waals surface area contributed by atoms with Gasteiger partial charge < -0.3 is 14.9 Å². The van der Waals surface area contributed by atoms with Crippen LogP contribution in [0.4, 0.5) is 0 Å². The van der Waals surface area contributed by atoms with Gasteiger partial charge in [-0.2, -0.15) is 0 Å². The van der Waals surface area contributed by atoms with Gasteiger partial charge in [0.1, 0.15) is 0 Å². The third kappa shape index (κ3) is 3.48. The highest BCUT2D eigenvalue weighted by Gasteiger charge is 2.34. The van der Waals surface area contributed by atoms with Crippen LogP contribution < -0.4 is 0 Å². The van der Waals surface area contributed by atoms with Crippen molar-refractivity contribution in [2.45, 2.75) is 24.7 Å². The first-order chi connectivity index (χ1) is 9.20. The van der Waals surface area contributed by atoms with E-state index < -0.39 is 5.41 Å². The summed E-state index contributed by atoms with van der Waals surface area (Å²) in [6.07, 6.45) is 2.74. The molecule has 0 spiro atoms. The maximum absolute atomic E-state index is 9.82. The van der Waals surface area contributed by atoms with Gasteiger partial charge in [0.25, 0.3) is 0 Å². The number of hydrogen-bond donors (Lipinski definition) is 2. The number of hydrogen-bond acceptors (Lipinski definition) is 3. The summed E-state index contributed by atoms with van der Waals surface area (Å²) in [4.78, 5) is 0. The molecule has 2 N–H and O–H groups in total. The molecule has 0 amide bonds. The fourth-order valence-electron chi connectivity index (χ4n) is 2.80. The number of rotatable bonds is 5. The molecule has 1 fully saturated rings. The standard InChI is InChI=1S/C15H21ClO3/c16-14-3-1-2-13(8-14)15(10-17,11-18)9-12-4-6-19-7-5-12/h1-3,8,12,17-18H,4-7,9-11H2. The van der Waals surface area contributed by atoms with Crippen LogP contribution in [0.2, 0.25) is 5.02 Å². The number of halogens is 1. The van der Waals surface area contributed by atoms with Gasteiger partial charge in [0.15, 0.2) is 0 Å². The smallest absolute Gasteiger partial charge is 0.0550 e. The lowest BCUT2D eigenvalue weighted by atomic mass is 9.73. The largest absolute Gasteiger partial charge is 0.395 e. The van der Waals surface area contributed by atoms with Gasteiger partial charge in [0.05, 0.1) is 13.2 Å². The van der Waals surface area contributed by atoms with Crippen molar-refractivity contribution in [3.63, 3.8) is 0 Å². The molecule has 0 saturated carbocycles. The van der Waals surface area contributed by atoms with E-state index >= 15 is 0 Å². The highest BCUT2D eigenvalue weighted by molar-refractivity contribution is 6.30. The molecule has 1 aromatic carbocycles. The third-order valence-corrected chi connectivity index (χ3v) is 4.30. The average Bonchev–Trinajstić information content (AvgIpc) is 2.46. The Kier molecular flexibility index (Phi) is 5.22. The molecule has 1 aromatic rings. The summed E-state index contributed by atoms with van der Waals surface area (Å²) in [7, 11) is 0. The van der Waals surface area contributed by atoms with Gasteiger partial charge in [-0.1, -0.05) is 23.7 Å². The summed E-state index contributed by atoms with van der Waals surface area (Å²) < 4.78 is 5.36. The van der Waals surface area contributed by atoms with E-state index in [4.69, 9.17) is 16.3 Å². The predicted molar refractivity (Wildman–Crippen MR) is 75.5 cm³/mol.